The SMILES string of the molecule is C=O.CC.CC.CC(=O)CCCC(C)CCc1ccccc1C.Cc1cccc(O)c1C=O. The highest BCUT2D eigenvalue weighted by Crippen LogP contribution is 2.18. The molecule has 0 bridgehead atoms. The van der Waals surface area contributed by atoms with Gasteiger partial charge >= 0.3 is 0 Å². The van der Waals surface area contributed by atoms with E-state index in [0.717, 1.165) is 24.8 Å². The molecule has 0 aliphatic carbocycles. The summed E-state index contributed by atoms with van der Waals surface area (Å²) in [5.74, 6) is 1.08. The highest BCUT2D eigenvalue weighted by atomic mass is 16.3. The van der Waals surface area contributed by atoms with Crippen LogP contribution in [0.2, 0.25) is 0 Å². The second kappa shape index (κ2) is 23.9. The predicted octanol–water partition coefficient (Wildman–Crippen LogP) is 7.70. The van der Waals surface area contributed by atoms with Crippen molar-refractivity contribution in [3.8, 4) is 5.75 Å². The minimum absolute atomic E-state index is 0.0509. The van der Waals surface area contributed by atoms with Crippen molar-refractivity contribution in [2.75, 3.05) is 0 Å². The second-order valence-electron chi connectivity index (χ2n) is 7.29. The third-order valence-corrected chi connectivity index (χ3v) is 4.81. The molecule has 0 saturated carbocycles. The number of phenolic OH excluding ortho intramolecular Hbond substituents is 1. The van der Waals surface area contributed by atoms with E-state index in [0.29, 0.717) is 23.6 Å². The number of ketones is 1. The van der Waals surface area contributed by atoms with E-state index in [1.54, 1.807) is 26.0 Å². The van der Waals surface area contributed by atoms with Crippen LogP contribution in [0.25, 0.3) is 0 Å². The van der Waals surface area contributed by atoms with Gasteiger partial charge in [-0.1, -0.05) is 77.4 Å². The highest BCUT2D eigenvalue weighted by Gasteiger charge is 2.05. The molecule has 1 unspecified atom stereocenters. The van der Waals surface area contributed by atoms with Crippen LogP contribution in [0, 0.1) is 19.8 Å². The van der Waals surface area contributed by atoms with Crippen LogP contribution in [0.4, 0.5) is 0 Å². The average molecular weight is 459 g/mol. The van der Waals surface area contributed by atoms with Gasteiger partial charge in [-0.25, -0.2) is 0 Å². The van der Waals surface area contributed by atoms with Gasteiger partial charge in [0, 0.05) is 6.42 Å². The van der Waals surface area contributed by atoms with E-state index in [2.05, 4.69) is 38.1 Å². The minimum atomic E-state index is 0.0509. The average Bonchev–Trinajstić information content (AvgIpc) is 2.83. The molecule has 0 saturated heterocycles. The fourth-order valence-corrected chi connectivity index (χ4v) is 2.95. The molecule has 0 aromatic heterocycles. The van der Waals surface area contributed by atoms with Crippen LogP contribution >= 0.6 is 0 Å². The number of carbonyl (C=O) groups excluding carboxylic acids is 3. The number of hydrogen-bond acceptors (Lipinski definition) is 4. The first-order valence-electron chi connectivity index (χ1n) is 11.9. The Labute approximate surface area is 202 Å². The van der Waals surface area contributed by atoms with Crippen LogP contribution in [0.15, 0.2) is 42.5 Å². The molecular weight excluding hydrogens is 412 g/mol. The van der Waals surface area contributed by atoms with E-state index in [9.17, 15) is 9.59 Å². The molecule has 0 radical (unpaired) electrons. The maximum absolute atomic E-state index is 10.8. The molecule has 2 aromatic carbocycles. The number of phenols is 1. The molecule has 2 rings (SSSR count). The fraction of sp³-hybridized carbons (Fsp3) is 0.483. The molecule has 1 atom stereocenters. The molecule has 0 aliphatic heterocycles. The molecule has 2 aromatic rings. The largest absolute Gasteiger partial charge is 0.507 e. The maximum Gasteiger partial charge on any atom is 0.154 e. The molecule has 0 aliphatic rings. The van der Waals surface area contributed by atoms with E-state index in [4.69, 9.17) is 9.90 Å². The Morgan fingerprint density at radius 3 is 1.94 bits per heavy atom. The lowest BCUT2D eigenvalue weighted by molar-refractivity contribution is -0.117. The Morgan fingerprint density at radius 2 is 1.48 bits per heavy atom. The summed E-state index contributed by atoms with van der Waals surface area (Å²) in [7, 11) is 0. The van der Waals surface area contributed by atoms with Crippen LogP contribution < -0.4 is 0 Å². The summed E-state index contributed by atoms with van der Waals surface area (Å²) in [5, 5.41) is 9.06. The zero-order chi connectivity index (χ0) is 26.2. The summed E-state index contributed by atoms with van der Waals surface area (Å²) in [5.41, 5.74) is 4.03. The quantitative estimate of drug-likeness (QED) is 0.411. The van der Waals surface area contributed by atoms with Gasteiger partial charge in [0.05, 0.1) is 5.56 Å². The van der Waals surface area contributed by atoms with Gasteiger partial charge in [-0.05, 0) is 68.7 Å². The third kappa shape index (κ3) is 17.5. The number of benzene rings is 2. The summed E-state index contributed by atoms with van der Waals surface area (Å²) >= 11 is 0. The first kappa shape index (κ1) is 34.9. The molecule has 33 heavy (non-hydrogen) atoms. The zero-order valence-corrected chi connectivity index (χ0v) is 22.1. The second-order valence-corrected chi connectivity index (χ2v) is 7.29. The minimum Gasteiger partial charge on any atom is -0.507 e. The standard InChI is InChI=1S/C16H24O.C8H8O2.2C2H6.CH2O/c1-13(7-6-9-15(3)17)11-12-16-10-5-4-8-14(16)2;1-6-3-2-4-8(10)7(6)5-9;3*1-2/h4-5,8,10,13H,6-7,9,11-12H2,1-3H3;2-5,10H,1H3;2*1-2H3;1H2. The van der Waals surface area contributed by atoms with E-state index in [1.807, 2.05) is 34.5 Å². The van der Waals surface area contributed by atoms with Gasteiger partial charge in [0.25, 0.3) is 0 Å². The number of aryl methyl sites for hydroxylation is 3. The van der Waals surface area contributed by atoms with Crippen molar-refractivity contribution in [2.45, 2.75) is 87.5 Å². The molecule has 0 amide bonds. The molecular formula is C29H46O4. The first-order chi connectivity index (χ1) is 15.8. The number of carbonyl (C=O) groups is 3. The summed E-state index contributed by atoms with van der Waals surface area (Å²) in [6.07, 6.45) is 6.01. The summed E-state index contributed by atoms with van der Waals surface area (Å²) in [6, 6.07) is 13.6. The molecule has 186 valence electrons. The summed E-state index contributed by atoms with van der Waals surface area (Å²) in [4.78, 5) is 29.1. The van der Waals surface area contributed by atoms with Gasteiger partial charge in [-0.15, -0.1) is 0 Å². The normalized spacial score (nSPS) is 9.70. The van der Waals surface area contributed by atoms with Crippen molar-refractivity contribution in [3.63, 3.8) is 0 Å². The Hall–Kier alpha value is -2.75. The summed E-state index contributed by atoms with van der Waals surface area (Å²) in [6.45, 7) is 17.9. The predicted molar refractivity (Wildman–Crippen MR) is 141 cm³/mol. The smallest absolute Gasteiger partial charge is 0.154 e. The van der Waals surface area contributed by atoms with E-state index >= 15 is 0 Å². The van der Waals surface area contributed by atoms with Crippen LogP contribution in [-0.4, -0.2) is 24.0 Å². The Bertz CT molecular complexity index is 733. The van der Waals surface area contributed by atoms with E-state index < -0.39 is 0 Å². The number of rotatable bonds is 8. The van der Waals surface area contributed by atoms with Crippen molar-refractivity contribution in [1.82, 2.24) is 0 Å². The van der Waals surface area contributed by atoms with Gasteiger partial charge in [-0.3, -0.25) is 4.79 Å². The zero-order valence-electron chi connectivity index (χ0n) is 22.1. The van der Waals surface area contributed by atoms with Crippen molar-refractivity contribution in [3.05, 3.63) is 64.7 Å². The van der Waals surface area contributed by atoms with Crippen LogP contribution in [0.1, 0.15) is 94.3 Å². The first-order valence-corrected chi connectivity index (χ1v) is 11.9. The number of aldehydes is 1. The lowest BCUT2D eigenvalue weighted by Crippen LogP contribution is -2.00. The Kier molecular flexibility index (Phi) is 25.2. The lowest BCUT2D eigenvalue weighted by atomic mass is 9.94. The molecule has 0 heterocycles. The van der Waals surface area contributed by atoms with Crippen molar-refractivity contribution in [1.29, 1.82) is 0 Å². The number of hydrogen-bond donors (Lipinski definition) is 1. The van der Waals surface area contributed by atoms with E-state index in [-0.39, 0.29) is 5.75 Å². The van der Waals surface area contributed by atoms with Gasteiger partial charge in [0.1, 0.15) is 18.3 Å². The molecule has 1 N–H and O–H groups in total. The van der Waals surface area contributed by atoms with Crippen LogP contribution in [-0.2, 0) is 16.0 Å². The van der Waals surface area contributed by atoms with Crippen molar-refractivity contribution in [2.24, 2.45) is 5.92 Å². The van der Waals surface area contributed by atoms with Gasteiger partial charge in [0.15, 0.2) is 6.29 Å². The fourth-order valence-electron chi connectivity index (χ4n) is 2.95. The van der Waals surface area contributed by atoms with Gasteiger partial charge in [0.2, 0.25) is 0 Å². The van der Waals surface area contributed by atoms with E-state index in [1.165, 1.54) is 30.0 Å². The molecule has 4 heteroatoms. The summed E-state index contributed by atoms with van der Waals surface area (Å²) < 4.78 is 0. The number of aromatic hydroxyl groups is 1. The maximum atomic E-state index is 10.8. The Balaban J connectivity index is -0.000000478. The molecule has 0 spiro atoms. The topological polar surface area (TPSA) is 71.4 Å². The molecule has 4 nitrogen and oxygen atoms in total. The number of Topliss-reactive ketones (excluding diaryl/α,β-unsaturated/α-hetero) is 1. The van der Waals surface area contributed by atoms with Crippen LogP contribution in [0.5, 0.6) is 5.75 Å². The molecule has 0 fully saturated rings. The van der Waals surface area contributed by atoms with Crippen molar-refractivity contribution >= 4 is 18.9 Å². The Morgan fingerprint density at radius 1 is 0.939 bits per heavy atom. The third-order valence-electron chi connectivity index (χ3n) is 4.81. The highest BCUT2D eigenvalue weighted by molar-refractivity contribution is 5.81. The van der Waals surface area contributed by atoms with Crippen molar-refractivity contribution < 1.29 is 19.5 Å². The van der Waals surface area contributed by atoms with Gasteiger partial charge in [-0.2, -0.15) is 0 Å². The van der Waals surface area contributed by atoms with Gasteiger partial charge < -0.3 is 14.7 Å². The van der Waals surface area contributed by atoms with Crippen LogP contribution in [0.3, 0.4) is 0 Å². The monoisotopic (exact) mass is 458 g/mol. The lowest BCUT2D eigenvalue weighted by Gasteiger charge is -2.11.